The first-order valence-corrected chi connectivity index (χ1v) is 4.99. The fourth-order valence-electron chi connectivity index (χ4n) is 1.16. The van der Waals surface area contributed by atoms with Gasteiger partial charge < -0.3 is 4.74 Å². The maximum atomic E-state index is 11.4. The van der Waals surface area contributed by atoms with E-state index in [9.17, 15) is 4.79 Å². The van der Waals surface area contributed by atoms with Crippen molar-refractivity contribution in [3.05, 3.63) is 17.5 Å². The topological polar surface area (TPSA) is 44.1 Å². The molecule has 0 bridgehead atoms. The number of halogens is 1. The molecular weight excluding hydrogens is 204 g/mol. The molecule has 78 valence electrons. The van der Waals surface area contributed by atoms with Crippen molar-refractivity contribution in [1.29, 1.82) is 0 Å². The van der Waals surface area contributed by atoms with Crippen LogP contribution in [0.4, 0.5) is 0 Å². The standard InChI is InChI=1S/C9H13ClN2O2/c1-3-14-9(13)8-6-11-12(5-4-10)7(8)2/h6H,3-5H2,1-2H3. The van der Waals surface area contributed by atoms with E-state index >= 15 is 0 Å². The summed E-state index contributed by atoms with van der Waals surface area (Å²) in [6.07, 6.45) is 1.51. The molecule has 1 heterocycles. The van der Waals surface area contributed by atoms with Crippen LogP contribution in [0.3, 0.4) is 0 Å². The SMILES string of the molecule is CCOC(=O)c1cnn(CCCl)c1C. The fraction of sp³-hybridized carbons (Fsp3) is 0.556. The zero-order chi connectivity index (χ0) is 10.6. The normalized spacial score (nSPS) is 10.2. The third kappa shape index (κ3) is 2.26. The second-order valence-corrected chi connectivity index (χ2v) is 3.15. The third-order valence-electron chi connectivity index (χ3n) is 1.89. The molecule has 5 heteroatoms. The van der Waals surface area contributed by atoms with Crippen molar-refractivity contribution in [3.63, 3.8) is 0 Å². The van der Waals surface area contributed by atoms with Gasteiger partial charge in [-0.05, 0) is 13.8 Å². The molecule has 0 radical (unpaired) electrons. The predicted molar refractivity (Wildman–Crippen MR) is 53.6 cm³/mol. The lowest BCUT2D eigenvalue weighted by Crippen LogP contribution is -2.08. The second kappa shape index (κ2) is 5.00. The quantitative estimate of drug-likeness (QED) is 0.567. The van der Waals surface area contributed by atoms with Crippen molar-refractivity contribution in [1.82, 2.24) is 9.78 Å². The Balaban J connectivity index is 2.83. The van der Waals surface area contributed by atoms with Gasteiger partial charge in [0, 0.05) is 11.6 Å². The lowest BCUT2D eigenvalue weighted by molar-refractivity contribution is 0.0525. The summed E-state index contributed by atoms with van der Waals surface area (Å²) >= 11 is 5.58. The van der Waals surface area contributed by atoms with E-state index in [2.05, 4.69) is 5.10 Å². The molecule has 1 rings (SSSR count). The molecule has 1 aromatic rings. The molecule has 0 aliphatic carbocycles. The molecule has 0 atom stereocenters. The first-order chi connectivity index (χ1) is 6.70. The van der Waals surface area contributed by atoms with E-state index in [0.717, 1.165) is 5.69 Å². The van der Waals surface area contributed by atoms with Gasteiger partial charge in [0.2, 0.25) is 0 Å². The fourth-order valence-corrected chi connectivity index (χ4v) is 1.32. The summed E-state index contributed by atoms with van der Waals surface area (Å²) in [6.45, 7) is 4.58. The van der Waals surface area contributed by atoms with Crippen LogP contribution < -0.4 is 0 Å². The molecule has 0 aliphatic rings. The van der Waals surface area contributed by atoms with Gasteiger partial charge in [0.05, 0.1) is 19.3 Å². The van der Waals surface area contributed by atoms with Crippen LogP contribution in [-0.4, -0.2) is 28.2 Å². The minimum absolute atomic E-state index is 0.328. The summed E-state index contributed by atoms with van der Waals surface area (Å²) < 4.78 is 6.57. The number of aryl methyl sites for hydroxylation is 1. The van der Waals surface area contributed by atoms with E-state index in [1.807, 2.05) is 6.92 Å². The van der Waals surface area contributed by atoms with Gasteiger partial charge in [-0.25, -0.2) is 4.79 Å². The van der Waals surface area contributed by atoms with Gasteiger partial charge in [-0.15, -0.1) is 11.6 Å². The number of ether oxygens (including phenoxy) is 1. The Morgan fingerprint density at radius 1 is 1.71 bits per heavy atom. The molecule has 4 nitrogen and oxygen atoms in total. The Morgan fingerprint density at radius 2 is 2.43 bits per heavy atom. The van der Waals surface area contributed by atoms with Crippen LogP contribution in [0.25, 0.3) is 0 Å². The molecule has 14 heavy (non-hydrogen) atoms. The molecular formula is C9H13ClN2O2. The van der Waals surface area contributed by atoms with Crippen LogP contribution in [0, 0.1) is 6.92 Å². The van der Waals surface area contributed by atoms with Crippen molar-refractivity contribution in [2.24, 2.45) is 0 Å². The number of hydrogen-bond acceptors (Lipinski definition) is 3. The molecule has 0 N–H and O–H groups in total. The zero-order valence-electron chi connectivity index (χ0n) is 8.29. The highest BCUT2D eigenvalue weighted by molar-refractivity contribution is 6.17. The smallest absolute Gasteiger partial charge is 0.341 e. The van der Waals surface area contributed by atoms with Crippen LogP contribution in [0.2, 0.25) is 0 Å². The van der Waals surface area contributed by atoms with Crippen LogP contribution in [0.15, 0.2) is 6.20 Å². The lowest BCUT2D eigenvalue weighted by Gasteiger charge is -2.02. The van der Waals surface area contributed by atoms with Gasteiger partial charge >= 0.3 is 5.97 Å². The number of carbonyl (C=O) groups excluding carboxylic acids is 1. The third-order valence-corrected chi connectivity index (χ3v) is 2.06. The van der Waals surface area contributed by atoms with Crippen molar-refractivity contribution in [3.8, 4) is 0 Å². The second-order valence-electron chi connectivity index (χ2n) is 2.78. The highest BCUT2D eigenvalue weighted by Crippen LogP contribution is 2.08. The van der Waals surface area contributed by atoms with Crippen LogP contribution >= 0.6 is 11.6 Å². The van der Waals surface area contributed by atoms with Gasteiger partial charge in [-0.3, -0.25) is 4.68 Å². The van der Waals surface area contributed by atoms with Gasteiger partial charge in [0.1, 0.15) is 5.56 Å². The molecule has 0 aromatic carbocycles. The van der Waals surface area contributed by atoms with Crippen LogP contribution in [0.5, 0.6) is 0 Å². The Kier molecular flexibility index (Phi) is 3.95. The number of esters is 1. The van der Waals surface area contributed by atoms with E-state index in [4.69, 9.17) is 16.3 Å². The number of rotatable bonds is 4. The number of aromatic nitrogens is 2. The minimum atomic E-state index is -0.328. The van der Waals surface area contributed by atoms with E-state index in [1.165, 1.54) is 6.20 Å². The first kappa shape index (κ1) is 11.0. The average Bonchev–Trinajstić information content (AvgIpc) is 2.49. The van der Waals surface area contributed by atoms with E-state index < -0.39 is 0 Å². The monoisotopic (exact) mass is 216 g/mol. The Labute approximate surface area is 87.8 Å². The Hall–Kier alpha value is -1.03. The predicted octanol–water partition coefficient (Wildman–Crippen LogP) is 1.61. The highest BCUT2D eigenvalue weighted by Gasteiger charge is 2.14. The number of alkyl halides is 1. The summed E-state index contributed by atoms with van der Waals surface area (Å²) in [5.74, 6) is 0.149. The molecule has 0 aliphatic heterocycles. The van der Waals surface area contributed by atoms with E-state index in [-0.39, 0.29) is 5.97 Å². The molecule has 0 saturated carbocycles. The van der Waals surface area contributed by atoms with Crippen molar-refractivity contribution in [2.75, 3.05) is 12.5 Å². The largest absolute Gasteiger partial charge is 0.462 e. The molecule has 0 amide bonds. The van der Waals surface area contributed by atoms with Gasteiger partial charge in [-0.1, -0.05) is 0 Å². The summed E-state index contributed by atoms with van der Waals surface area (Å²) in [5.41, 5.74) is 1.31. The number of nitrogens with zero attached hydrogens (tertiary/aromatic N) is 2. The van der Waals surface area contributed by atoms with Gasteiger partial charge in [-0.2, -0.15) is 5.10 Å². The van der Waals surface area contributed by atoms with E-state index in [1.54, 1.807) is 11.6 Å². The van der Waals surface area contributed by atoms with Gasteiger partial charge in [0.25, 0.3) is 0 Å². The maximum Gasteiger partial charge on any atom is 0.341 e. The van der Waals surface area contributed by atoms with Crippen molar-refractivity contribution in [2.45, 2.75) is 20.4 Å². The average molecular weight is 217 g/mol. The summed E-state index contributed by atoms with van der Waals surface area (Å²) in [6, 6.07) is 0. The number of hydrogen-bond donors (Lipinski definition) is 0. The summed E-state index contributed by atoms with van der Waals surface area (Å²) in [4.78, 5) is 11.4. The zero-order valence-corrected chi connectivity index (χ0v) is 9.04. The molecule has 0 spiro atoms. The summed E-state index contributed by atoms with van der Waals surface area (Å²) in [7, 11) is 0. The maximum absolute atomic E-state index is 11.4. The van der Waals surface area contributed by atoms with Crippen LogP contribution in [-0.2, 0) is 11.3 Å². The highest BCUT2D eigenvalue weighted by atomic mass is 35.5. The minimum Gasteiger partial charge on any atom is -0.462 e. The van der Waals surface area contributed by atoms with Crippen molar-refractivity contribution >= 4 is 17.6 Å². The molecule has 0 fully saturated rings. The lowest BCUT2D eigenvalue weighted by atomic mass is 10.3. The van der Waals surface area contributed by atoms with Crippen molar-refractivity contribution < 1.29 is 9.53 Å². The van der Waals surface area contributed by atoms with Crippen LogP contribution in [0.1, 0.15) is 23.0 Å². The molecule has 1 aromatic heterocycles. The molecule has 0 saturated heterocycles. The first-order valence-electron chi connectivity index (χ1n) is 4.46. The van der Waals surface area contributed by atoms with Gasteiger partial charge in [0.15, 0.2) is 0 Å². The molecule has 0 unspecified atom stereocenters. The Bertz CT molecular complexity index is 323. The summed E-state index contributed by atoms with van der Waals surface area (Å²) in [5, 5.41) is 4.04. The van der Waals surface area contributed by atoms with E-state index in [0.29, 0.717) is 24.6 Å². The Morgan fingerprint density at radius 3 is 3.00 bits per heavy atom. The number of carbonyl (C=O) groups is 1.